The molecule has 0 amide bonds. The summed E-state index contributed by atoms with van der Waals surface area (Å²) in [4.78, 5) is 0. The van der Waals surface area contributed by atoms with Gasteiger partial charge in [-0.15, -0.1) is 0 Å². The van der Waals surface area contributed by atoms with Crippen molar-refractivity contribution in [3.8, 4) is 0 Å². The van der Waals surface area contributed by atoms with Crippen LogP contribution in [0.2, 0.25) is 0 Å². The molecule has 0 spiro atoms. The minimum absolute atomic E-state index is 0.283. The van der Waals surface area contributed by atoms with Gasteiger partial charge in [0.2, 0.25) is 0 Å². The summed E-state index contributed by atoms with van der Waals surface area (Å²) in [5.41, 5.74) is 1.46. The van der Waals surface area contributed by atoms with Gasteiger partial charge in [-0.05, 0) is 42.7 Å². The monoisotopic (exact) mass is 222 g/mol. The van der Waals surface area contributed by atoms with Gasteiger partial charge in [0.25, 0.3) is 0 Å². The molecule has 1 atom stereocenters. The third kappa shape index (κ3) is 3.70. The zero-order valence-electron chi connectivity index (χ0n) is 11.1. The summed E-state index contributed by atoms with van der Waals surface area (Å²) in [7, 11) is 0. The molecule has 1 rings (SSSR count). The van der Waals surface area contributed by atoms with Gasteiger partial charge in [0, 0.05) is 0 Å². The van der Waals surface area contributed by atoms with E-state index in [4.69, 9.17) is 0 Å². The van der Waals surface area contributed by atoms with Crippen molar-refractivity contribution < 1.29 is 5.11 Å². The minimum atomic E-state index is 0.283. The Morgan fingerprint density at radius 1 is 1.25 bits per heavy atom. The molecule has 0 radical (unpaired) electrons. The molecule has 1 aliphatic carbocycles. The predicted molar refractivity (Wildman–Crippen MR) is 70.6 cm³/mol. The van der Waals surface area contributed by atoms with Crippen LogP contribution in [0.3, 0.4) is 0 Å². The third-order valence-corrected chi connectivity index (χ3v) is 3.51. The SMILES string of the molecule is CCCCC1=CC(C)(CCCC)CC=C1O. The summed E-state index contributed by atoms with van der Waals surface area (Å²) >= 11 is 0. The van der Waals surface area contributed by atoms with E-state index < -0.39 is 0 Å². The quantitative estimate of drug-likeness (QED) is 0.659. The van der Waals surface area contributed by atoms with Crippen molar-refractivity contribution in [1.82, 2.24) is 0 Å². The first-order valence-corrected chi connectivity index (χ1v) is 6.72. The maximum absolute atomic E-state index is 9.85. The zero-order chi connectivity index (χ0) is 12.0. The van der Waals surface area contributed by atoms with E-state index in [1.807, 2.05) is 6.08 Å². The topological polar surface area (TPSA) is 20.2 Å². The van der Waals surface area contributed by atoms with Gasteiger partial charge in [0.1, 0.15) is 5.76 Å². The van der Waals surface area contributed by atoms with Crippen molar-refractivity contribution in [2.75, 3.05) is 0 Å². The lowest BCUT2D eigenvalue weighted by Crippen LogP contribution is -2.17. The first kappa shape index (κ1) is 13.3. The highest BCUT2D eigenvalue weighted by atomic mass is 16.3. The van der Waals surface area contributed by atoms with Crippen LogP contribution < -0.4 is 0 Å². The van der Waals surface area contributed by atoms with Gasteiger partial charge in [-0.1, -0.05) is 46.1 Å². The molecule has 0 aromatic rings. The summed E-state index contributed by atoms with van der Waals surface area (Å²) in [6, 6.07) is 0. The Balaban J connectivity index is 2.66. The predicted octanol–water partition coefficient (Wildman–Crippen LogP) is 5.15. The summed E-state index contributed by atoms with van der Waals surface area (Å²) in [5, 5.41) is 9.85. The molecule has 1 N–H and O–H groups in total. The molecular weight excluding hydrogens is 196 g/mol. The van der Waals surface area contributed by atoms with E-state index in [9.17, 15) is 5.11 Å². The van der Waals surface area contributed by atoms with Crippen molar-refractivity contribution in [3.63, 3.8) is 0 Å². The van der Waals surface area contributed by atoms with Crippen LogP contribution in [0.1, 0.15) is 65.7 Å². The molecule has 1 aliphatic rings. The van der Waals surface area contributed by atoms with E-state index in [0.717, 1.165) is 12.8 Å². The van der Waals surface area contributed by atoms with E-state index in [1.165, 1.54) is 37.7 Å². The molecule has 0 fully saturated rings. The fourth-order valence-corrected chi connectivity index (χ4v) is 2.34. The van der Waals surface area contributed by atoms with Gasteiger partial charge in [-0.2, -0.15) is 0 Å². The summed E-state index contributed by atoms with van der Waals surface area (Å²) in [6.07, 6.45) is 12.5. The Morgan fingerprint density at radius 3 is 2.56 bits per heavy atom. The van der Waals surface area contributed by atoms with E-state index >= 15 is 0 Å². The number of hydrogen-bond acceptors (Lipinski definition) is 1. The molecule has 1 unspecified atom stereocenters. The van der Waals surface area contributed by atoms with Crippen molar-refractivity contribution in [2.45, 2.75) is 65.7 Å². The van der Waals surface area contributed by atoms with Crippen molar-refractivity contribution in [2.24, 2.45) is 5.41 Å². The van der Waals surface area contributed by atoms with E-state index in [-0.39, 0.29) is 5.41 Å². The summed E-state index contributed by atoms with van der Waals surface area (Å²) in [5.74, 6) is 0.530. The van der Waals surface area contributed by atoms with Crippen LogP contribution >= 0.6 is 0 Å². The molecule has 0 aromatic carbocycles. The van der Waals surface area contributed by atoms with Crippen molar-refractivity contribution >= 4 is 0 Å². The van der Waals surface area contributed by atoms with Gasteiger partial charge in [-0.3, -0.25) is 0 Å². The fourth-order valence-electron chi connectivity index (χ4n) is 2.34. The molecule has 16 heavy (non-hydrogen) atoms. The molecule has 0 heterocycles. The number of hydrogen-bond donors (Lipinski definition) is 1. The van der Waals surface area contributed by atoms with Gasteiger partial charge in [-0.25, -0.2) is 0 Å². The Labute approximate surface area is 100 Å². The number of aliphatic hydroxyl groups is 1. The Morgan fingerprint density at radius 2 is 1.94 bits per heavy atom. The van der Waals surface area contributed by atoms with Crippen LogP contribution in [0.25, 0.3) is 0 Å². The average Bonchev–Trinajstić information content (AvgIpc) is 2.28. The first-order valence-electron chi connectivity index (χ1n) is 6.72. The van der Waals surface area contributed by atoms with Crippen molar-refractivity contribution in [1.29, 1.82) is 0 Å². The molecule has 0 bridgehead atoms. The number of allylic oxidation sites excluding steroid dienone is 3. The molecule has 0 saturated heterocycles. The highest BCUT2D eigenvalue weighted by Crippen LogP contribution is 2.38. The standard InChI is InChI=1S/C15H26O/c1-4-6-8-13-12-15(3,10-7-5-2)11-9-14(13)16/h9,12,16H,4-8,10-11H2,1-3H3. The van der Waals surface area contributed by atoms with Crippen LogP contribution in [0, 0.1) is 5.41 Å². The number of aliphatic hydroxyl groups excluding tert-OH is 1. The fraction of sp³-hybridized carbons (Fsp3) is 0.733. The normalized spacial score (nSPS) is 25.2. The zero-order valence-corrected chi connectivity index (χ0v) is 11.1. The molecule has 0 saturated carbocycles. The van der Waals surface area contributed by atoms with E-state index in [2.05, 4.69) is 26.8 Å². The van der Waals surface area contributed by atoms with E-state index in [0.29, 0.717) is 5.76 Å². The smallest absolute Gasteiger partial charge is 0.114 e. The third-order valence-electron chi connectivity index (χ3n) is 3.51. The highest BCUT2D eigenvalue weighted by molar-refractivity contribution is 5.31. The van der Waals surface area contributed by atoms with Gasteiger partial charge in [0.05, 0.1) is 0 Å². The van der Waals surface area contributed by atoms with Crippen LogP contribution in [0.5, 0.6) is 0 Å². The van der Waals surface area contributed by atoms with Crippen LogP contribution in [0.15, 0.2) is 23.5 Å². The largest absolute Gasteiger partial charge is 0.508 e. The molecule has 1 nitrogen and oxygen atoms in total. The van der Waals surface area contributed by atoms with Crippen molar-refractivity contribution in [3.05, 3.63) is 23.5 Å². The average molecular weight is 222 g/mol. The van der Waals surface area contributed by atoms with Gasteiger partial charge >= 0.3 is 0 Å². The lowest BCUT2D eigenvalue weighted by molar-refractivity contribution is 0.343. The Kier molecular flexibility index (Phi) is 5.11. The van der Waals surface area contributed by atoms with E-state index in [1.54, 1.807) is 0 Å². The lowest BCUT2D eigenvalue weighted by atomic mass is 9.76. The molecule has 1 heteroatoms. The summed E-state index contributed by atoms with van der Waals surface area (Å²) < 4.78 is 0. The van der Waals surface area contributed by atoms with Crippen LogP contribution in [-0.2, 0) is 0 Å². The summed E-state index contributed by atoms with van der Waals surface area (Å²) in [6.45, 7) is 6.75. The second-order valence-corrected chi connectivity index (χ2v) is 5.32. The molecular formula is C15H26O. The number of unbranched alkanes of at least 4 members (excludes halogenated alkanes) is 2. The highest BCUT2D eigenvalue weighted by Gasteiger charge is 2.25. The van der Waals surface area contributed by atoms with Gasteiger partial charge in [0.15, 0.2) is 0 Å². The minimum Gasteiger partial charge on any atom is -0.508 e. The second-order valence-electron chi connectivity index (χ2n) is 5.32. The van der Waals surface area contributed by atoms with Crippen LogP contribution in [-0.4, -0.2) is 5.11 Å². The lowest BCUT2D eigenvalue weighted by Gasteiger charge is -2.29. The maximum Gasteiger partial charge on any atom is 0.114 e. The second kappa shape index (κ2) is 6.12. The maximum atomic E-state index is 9.85. The Hall–Kier alpha value is -0.720. The Bertz CT molecular complexity index is 275. The van der Waals surface area contributed by atoms with Gasteiger partial charge < -0.3 is 5.11 Å². The number of rotatable bonds is 6. The molecule has 0 aromatic heterocycles. The molecule has 0 aliphatic heterocycles. The van der Waals surface area contributed by atoms with Crippen LogP contribution in [0.4, 0.5) is 0 Å². The first-order chi connectivity index (χ1) is 7.61. The molecule has 92 valence electrons.